The zero-order valence-electron chi connectivity index (χ0n) is 13.2. The molecule has 0 radical (unpaired) electrons. The molecule has 1 heterocycles. The summed E-state index contributed by atoms with van der Waals surface area (Å²) < 4.78 is 0. The van der Waals surface area contributed by atoms with Crippen LogP contribution in [0.1, 0.15) is 55.8 Å². The number of nitrogens with zero attached hydrogens (tertiary/aromatic N) is 2. The van der Waals surface area contributed by atoms with Crippen molar-refractivity contribution < 1.29 is 0 Å². The number of nitrogen functional groups attached to an aromatic ring is 1. The Bertz CT molecular complexity index is 552. The second-order valence-corrected chi connectivity index (χ2v) is 6.77. The third kappa shape index (κ3) is 2.76. The van der Waals surface area contributed by atoms with Crippen molar-refractivity contribution in [1.82, 2.24) is 4.98 Å². The Balaban J connectivity index is 1.94. The Kier molecular flexibility index (Phi) is 3.87. The summed E-state index contributed by atoms with van der Waals surface area (Å²) in [7, 11) is 2.12. The first-order valence-electron chi connectivity index (χ1n) is 8.16. The molecule has 1 aromatic rings. The number of nitrogens with one attached hydrogen (secondary N) is 1. The van der Waals surface area contributed by atoms with Gasteiger partial charge in [-0.2, -0.15) is 0 Å². The van der Waals surface area contributed by atoms with Gasteiger partial charge in [-0.3, -0.25) is 5.41 Å². The predicted octanol–water partition coefficient (Wildman–Crippen LogP) is 2.87. The fourth-order valence-corrected chi connectivity index (χ4v) is 3.86. The Morgan fingerprint density at radius 1 is 1.33 bits per heavy atom. The summed E-state index contributed by atoms with van der Waals surface area (Å²) in [4.78, 5) is 7.16. The van der Waals surface area contributed by atoms with Crippen molar-refractivity contribution in [3.05, 3.63) is 22.9 Å². The lowest BCUT2D eigenvalue weighted by Gasteiger charge is -2.36. The number of aromatic nitrogens is 1. The van der Waals surface area contributed by atoms with Gasteiger partial charge in [0.15, 0.2) is 0 Å². The minimum atomic E-state index is 0.142. The Labute approximate surface area is 127 Å². The molecule has 3 N–H and O–H groups in total. The van der Waals surface area contributed by atoms with E-state index in [2.05, 4.69) is 24.9 Å². The summed E-state index contributed by atoms with van der Waals surface area (Å²) in [6, 6.07) is 2.63. The van der Waals surface area contributed by atoms with E-state index in [-0.39, 0.29) is 5.84 Å². The highest BCUT2D eigenvalue weighted by Crippen LogP contribution is 2.32. The van der Waals surface area contributed by atoms with Gasteiger partial charge in [0.1, 0.15) is 11.7 Å². The molecule has 2 aliphatic rings. The van der Waals surface area contributed by atoms with E-state index in [9.17, 15) is 0 Å². The number of nitrogens with two attached hydrogens (primary N) is 1. The highest BCUT2D eigenvalue weighted by molar-refractivity contribution is 6.00. The zero-order valence-corrected chi connectivity index (χ0v) is 13.2. The van der Waals surface area contributed by atoms with Gasteiger partial charge >= 0.3 is 0 Å². The maximum absolute atomic E-state index is 7.90. The lowest BCUT2D eigenvalue weighted by atomic mass is 9.86. The van der Waals surface area contributed by atoms with Crippen LogP contribution in [-0.2, 0) is 12.8 Å². The molecule has 1 aromatic heterocycles. The van der Waals surface area contributed by atoms with E-state index in [1.54, 1.807) is 0 Å². The molecule has 0 aromatic carbocycles. The molecular weight excluding hydrogens is 260 g/mol. The van der Waals surface area contributed by atoms with Crippen LogP contribution >= 0.6 is 0 Å². The van der Waals surface area contributed by atoms with Crippen LogP contribution in [0.4, 0.5) is 5.82 Å². The maximum atomic E-state index is 7.90. The van der Waals surface area contributed by atoms with Gasteiger partial charge in [0.25, 0.3) is 0 Å². The third-order valence-electron chi connectivity index (χ3n) is 5.11. The van der Waals surface area contributed by atoms with E-state index in [0.29, 0.717) is 6.04 Å². The molecule has 3 rings (SSSR count). The number of pyridine rings is 1. The third-order valence-corrected chi connectivity index (χ3v) is 5.11. The van der Waals surface area contributed by atoms with E-state index in [1.165, 1.54) is 43.4 Å². The van der Waals surface area contributed by atoms with Crippen LogP contribution in [-0.4, -0.2) is 23.9 Å². The highest BCUT2D eigenvalue weighted by Gasteiger charge is 2.27. The first-order chi connectivity index (χ1) is 10.1. The predicted molar refractivity (Wildman–Crippen MR) is 87.1 cm³/mol. The van der Waals surface area contributed by atoms with Crippen molar-refractivity contribution in [3.8, 4) is 0 Å². The lowest BCUT2D eigenvalue weighted by Crippen LogP contribution is -2.37. The van der Waals surface area contributed by atoms with Gasteiger partial charge in [-0.05, 0) is 49.7 Å². The molecular formula is C17H26N4. The molecule has 1 fully saturated rings. The van der Waals surface area contributed by atoms with Gasteiger partial charge in [0, 0.05) is 18.8 Å². The van der Waals surface area contributed by atoms with Crippen molar-refractivity contribution in [2.75, 3.05) is 11.9 Å². The number of amidine groups is 1. The van der Waals surface area contributed by atoms with Crippen molar-refractivity contribution in [2.45, 2.75) is 57.9 Å². The van der Waals surface area contributed by atoms with E-state index < -0.39 is 0 Å². The van der Waals surface area contributed by atoms with Crippen molar-refractivity contribution in [2.24, 2.45) is 11.7 Å². The summed E-state index contributed by atoms with van der Waals surface area (Å²) in [5, 5.41) is 7.90. The van der Waals surface area contributed by atoms with Gasteiger partial charge in [0.2, 0.25) is 0 Å². The van der Waals surface area contributed by atoms with Gasteiger partial charge < -0.3 is 10.6 Å². The molecule has 0 amide bonds. The monoisotopic (exact) mass is 286 g/mol. The first kappa shape index (κ1) is 14.4. The zero-order chi connectivity index (χ0) is 15.0. The normalized spacial score (nSPS) is 24.7. The lowest BCUT2D eigenvalue weighted by molar-refractivity contribution is 0.335. The SMILES string of the molecule is CC1CCCC(N(C)c2nc3c(cc2C(=N)N)CCC3)C1. The van der Waals surface area contributed by atoms with Crippen LogP contribution in [0.15, 0.2) is 6.07 Å². The van der Waals surface area contributed by atoms with Crippen molar-refractivity contribution in [1.29, 1.82) is 5.41 Å². The van der Waals surface area contributed by atoms with Crippen LogP contribution in [0, 0.1) is 11.3 Å². The van der Waals surface area contributed by atoms with Gasteiger partial charge in [-0.15, -0.1) is 0 Å². The average Bonchev–Trinajstić information content (AvgIpc) is 2.92. The highest BCUT2D eigenvalue weighted by atomic mass is 15.2. The van der Waals surface area contributed by atoms with E-state index in [0.717, 1.165) is 30.1 Å². The van der Waals surface area contributed by atoms with Gasteiger partial charge in [0.05, 0.1) is 5.56 Å². The minimum Gasteiger partial charge on any atom is -0.384 e. The average molecular weight is 286 g/mol. The van der Waals surface area contributed by atoms with Crippen LogP contribution in [0.2, 0.25) is 0 Å². The topological polar surface area (TPSA) is 66.0 Å². The summed E-state index contributed by atoms with van der Waals surface area (Å²) in [6.45, 7) is 2.34. The van der Waals surface area contributed by atoms with Crippen LogP contribution in [0.3, 0.4) is 0 Å². The van der Waals surface area contributed by atoms with Crippen LogP contribution < -0.4 is 10.6 Å². The Hall–Kier alpha value is -1.58. The number of hydrogen-bond acceptors (Lipinski definition) is 3. The quantitative estimate of drug-likeness (QED) is 0.663. The number of fused-ring (bicyclic) bond motifs is 1. The molecule has 4 heteroatoms. The van der Waals surface area contributed by atoms with Gasteiger partial charge in [-0.25, -0.2) is 4.98 Å². The van der Waals surface area contributed by atoms with E-state index in [4.69, 9.17) is 16.1 Å². The molecule has 2 unspecified atom stereocenters. The fraction of sp³-hybridized carbons (Fsp3) is 0.647. The molecule has 4 nitrogen and oxygen atoms in total. The second-order valence-electron chi connectivity index (χ2n) is 6.77. The molecule has 0 aliphatic heterocycles. The molecule has 2 atom stereocenters. The van der Waals surface area contributed by atoms with E-state index >= 15 is 0 Å². The number of hydrogen-bond donors (Lipinski definition) is 2. The summed E-state index contributed by atoms with van der Waals surface area (Å²) in [6.07, 6.45) is 8.37. The van der Waals surface area contributed by atoms with Crippen LogP contribution in [0.5, 0.6) is 0 Å². The van der Waals surface area contributed by atoms with Crippen LogP contribution in [0.25, 0.3) is 0 Å². The molecule has 0 spiro atoms. The Morgan fingerprint density at radius 2 is 2.14 bits per heavy atom. The smallest absolute Gasteiger partial charge is 0.139 e. The summed E-state index contributed by atoms with van der Waals surface area (Å²) in [5.74, 6) is 1.84. The second kappa shape index (κ2) is 5.66. The van der Waals surface area contributed by atoms with Crippen molar-refractivity contribution in [3.63, 3.8) is 0 Å². The summed E-state index contributed by atoms with van der Waals surface area (Å²) in [5.41, 5.74) is 9.14. The number of aryl methyl sites for hydroxylation is 2. The maximum Gasteiger partial charge on any atom is 0.139 e. The Morgan fingerprint density at radius 3 is 2.86 bits per heavy atom. The van der Waals surface area contributed by atoms with Gasteiger partial charge in [-0.1, -0.05) is 19.8 Å². The fourth-order valence-electron chi connectivity index (χ4n) is 3.86. The number of rotatable bonds is 3. The van der Waals surface area contributed by atoms with E-state index in [1.807, 2.05) is 0 Å². The largest absolute Gasteiger partial charge is 0.384 e. The van der Waals surface area contributed by atoms with Crippen molar-refractivity contribution >= 4 is 11.7 Å². The molecule has 1 saturated carbocycles. The molecule has 21 heavy (non-hydrogen) atoms. The number of anilines is 1. The molecule has 2 aliphatic carbocycles. The molecule has 0 saturated heterocycles. The summed E-state index contributed by atoms with van der Waals surface area (Å²) >= 11 is 0. The first-order valence-corrected chi connectivity index (χ1v) is 8.16. The standard InChI is InChI=1S/C17H26N4/c1-11-5-3-7-13(9-11)21(2)17-14(16(18)19)10-12-6-4-8-15(12)20-17/h10-11,13H,3-9H2,1-2H3,(H3,18,19). The minimum absolute atomic E-state index is 0.142. The molecule has 0 bridgehead atoms. The molecule has 114 valence electrons.